The zero-order chi connectivity index (χ0) is 14.1. The first-order valence-corrected chi connectivity index (χ1v) is 6.90. The smallest absolute Gasteiger partial charge is 0.326 e. The summed E-state index contributed by atoms with van der Waals surface area (Å²) in [5.74, 6) is -1.28. The number of carboxylic acid groups (broad SMARTS) is 1. The second-order valence-electron chi connectivity index (χ2n) is 5.57. The summed E-state index contributed by atoms with van der Waals surface area (Å²) in [4.78, 5) is 30.2. The number of carboxylic acids is 1. The molecule has 0 aromatic carbocycles. The Labute approximate surface area is 116 Å². The van der Waals surface area contributed by atoms with Crippen LogP contribution in [0.3, 0.4) is 0 Å². The van der Waals surface area contributed by atoms with E-state index in [2.05, 4.69) is 20.6 Å². The van der Waals surface area contributed by atoms with E-state index in [9.17, 15) is 14.7 Å². The molecule has 3 rings (SSSR count). The van der Waals surface area contributed by atoms with Crippen molar-refractivity contribution in [3.8, 4) is 0 Å². The molecule has 3 heterocycles. The second kappa shape index (κ2) is 5.24. The Morgan fingerprint density at radius 3 is 2.90 bits per heavy atom. The molecule has 2 fully saturated rings. The third-order valence-electron chi connectivity index (χ3n) is 4.23. The number of H-pyrrole nitrogens is 1. The van der Waals surface area contributed by atoms with E-state index in [4.69, 9.17) is 0 Å². The predicted octanol–water partition coefficient (Wildman–Crippen LogP) is -0.338. The minimum Gasteiger partial charge on any atom is -0.480 e. The van der Waals surface area contributed by atoms with E-state index in [1.807, 2.05) is 0 Å². The zero-order valence-electron chi connectivity index (χ0n) is 11.0. The Bertz CT molecular complexity index is 502. The summed E-state index contributed by atoms with van der Waals surface area (Å²) in [6.07, 6.45) is 6.21. The van der Waals surface area contributed by atoms with Gasteiger partial charge in [0, 0.05) is 30.4 Å². The predicted molar refractivity (Wildman–Crippen MR) is 69.9 cm³/mol. The molecule has 3 unspecified atom stereocenters. The van der Waals surface area contributed by atoms with Crippen LogP contribution in [0, 0.1) is 5.92 Å². The molecular formula is C13H18N4O3. The van der Waals surface area contributed by atoms with E-state index < -0.39 is 12.0 Å². The second-order valence-corrected chi connectivity index (χ2v) is 5.57. The normalized spacial score (nSPS) is 29.3. The lowest BCUT2D eigenvalue weighted by Crippen LogP contribution is -2.47. The van der Waals surface area contributed by atoms with Crippen molar-refractivity contribution in [1.82, 2.24) is 20.6 Å². The van der Waals surface area contributed by atoms with Crippen molar-refractivity contribution in [2.45, 2.75) is 43.8 Å². The van der Waals surface area contributed by atoms with Crippen molar-refractivity contribution in [2.24, 2.45) is 5.92 Å². The van der Waals surface area contributed by atoms with E-state index in [0.29, 0.717) is 11.7 Å². The molecule has 0 saturated carbocycles. The number of rotatable bonds is 5. The van der Waals surface area contributed by atoms with E-state index in [1.165, 1.54) is 6.33 Å². The lowest BCUT2D eigenvalue weighted by molar-refractivity contribution is -0.142. The molecule has 0 radical (unpaired) electrons. The van der Waals surface area contributed by atoms with Gasteiger partial charge in [0.05, 0.1) is 12.2 Å². The zero-order valence-corrected chi connectivity index (χ0v) is 11.0. The van der Waals surface area contributed by atoms with Gasteiger partial charge in [0.25, 0.3) is 0 Å². The van der Waals surface area contributed by atoms with Gasteiger partial charge in [-0.05, 0) is 19.3 Å². The number of aromatic amines is 1. The highest BCUT2D eigenvalue weighted by atomic mass is 16.4. The maximum Gasteiger partial charge on any atom is 0.326 e. The summed E-state index contributed by atoms with van der Waals surface area (Å²) >= 11 is 0. The number of nitrogens with one attached hydrogen (secondary N) is 3. The van der Waals surface area contributed by atoms with Gasteiger partial charge in [-0.2, -0.15) is 0 Å². The van der Waals surface area contributed by atoms with Crippen LogP contribution in [-0.2, 0) is 16.0 Å². The van der Waals surface area contributed by atoms with Gasteiger partial charge in [0.15, 0.2) is 0 Å². The highest BCUT2D eigenvalue weighted by Crippen LogP contribution is 2.33. The van der Waals surface area contributed by atoms with Crippen LogP contribution in [0.1, 0.15) is 25.0 Å². The van der Waals surface area contributed by atoms with Crippen LogP contribution < -0.4 is 10.6 Å². The highest BCUT2D eigenvalue weighted by molar-refractivity contribution is 5.86. The number of aromatic nitrogens is 2. The maximum absolute atomic E-state index is 12.2. The van der Waals surface area contributed by atoms with Gasteiger partial charge in [-0.15, -0.1) is 0 Å². The van der Waals surface area contributed by atoms with Gasteiger partial charge in [0.1, 0.15) is 6.04 Å². The van der Waals surface area contributed by atoms with Gasteiger partial charge < -0.3 is 20.7 Å². The van der Waals surface area contributed by atoms with Crippen molar-refractivity contribution in [2.75, 3.05) is 0 Å². The molecule has 7 heteroatoms. The number of carbonyl (C=O) groups is 2. The van der Waals surface area contributed by atoms with Crippen LogP contribution in [0.15, 0.2) is 12.5 Å². The summed E-state index contributed by atoms with van der Waals surface area (Å²) in [7, 11) is 0. The molecule has 1 aromatic heterocycles. The number of hydrogen-bond donors (Lipinski definition) is 4. The van der Waals surface area contributed by atoms with E-state index in [-0.39, 0.29) is 24.3 Å². The molecule has 20 heavy (non-hydrogen) atoms. The van der Waals surface area contributed by atoms with Gasteiger partial charge in [-0.3, -0.25) is 4.79 Å². The number of fused-ring (bicyclic) bond motifs is 2. The topological polar surface area (TPSA) is 107 Å². The molecule has 0 spiro atoms. The Morgan fingerprint density at radius 2 is 2.35 bits per heavy atom. The van der Waals surface area contributed by atoms with E-state index >= 15 is 0 Å². The minimum absolute atomic E-state index is 0.0997. The summed E-state index contributed by atoms with van der Waals surface area (Å²) in [6, 6.07) is -0.282. The molecule has 4 atom stereocenters. The molecule has 2 aliphatic rings. The lowest BCUT2D eigenvalue weighted by atomic mass is 9.88. The molecule has 2 saturated heterocycles. The van der Waals surface area contributed by atoms with Crippen molar-refractivity contribution < 1.29 is 14.7 Å². The SMILES string of the molecule is O=C(N[C@@H](Cc1cnc[nH]1)C(=O)O)C1CC2CCC1N2. The fourth-order valence-corrected chi connectivity index (χ4v) is 3.21. The van der Waals surface area contributed by atoms with Crippen LogP contribution in [0.4, 0.5) is 0 Å². The van der Waals surface area contributed by atoms with E-state index in [0.717, 1.165) is 19.3 Å². The Kier molecular flexibility index (Phi) is 3.43. The third-order valence-corrected chi connectivity index (χ3v) is 4.23. The first kappa shape index (κ1) is 13.1. The molecule has 7 nitrogen and oxygen atoms in total. The molecule has 2 bridgehead atoms. The number of imidazole rings is 1. The van der Waals surface area contributed by atoms with Crippen LogP contribution in [-0.4, -0.2) is 45.1 Å². The maximum atomic E-state index is 12.2. The van der Waals surface area contributed by atoms with Crippen LogP contribution >= 0.6 is 0 Å². The minimum atomic E-state index is -1.02. The molecule has 4 N–H and O–H groups in total. The Hall–Kier alpha value is -1.89. The van der Waals surface area contributed by atoms with Crippen LogP contribution in [0.5, 0.6) is 0 Å². The fraction of sp³-hybridized carbons (Fsp3) is 0.615. The molecule has 1 aromatic rings. The molecule has 108 valence electrons. The number of nitrogens with zero attached hydrogens (tertiary/aromatic N) is 1. The monoisotopic (exact) mass is 278 g/mol. The molecule has 2 aliphatic heterocycles. The van der Waals surface area contributed by atoms with Crippen LogP contribution in [0.2, 0.25) is 0 Å². The standard InChI is InChI=1S/C13H18N4O3/c18-12(9-3-7-1-2-10(9)16-7)17-11(13(19)20)4-8-5-14-6-15-8/h5-7,9-11,16H,1-4H2,(H,14,15)(H,17,18)(H,19,20)/t7?,9?,10?,11-/m0/s1. The number of hydrogen-bond acceptors (Lipinski definition) is 4. The summed E-state index contributed by atoms with van der Waals surface area (Å²) in [5, 5.41) is 15.3. The van der Waals surface area contributed by atoms with Gasteiger partial charge in [-0.1, -0.05) is 0 Å². The summed E-state index contributed by atoms with van der Waals surface area (Å²) in [6.45, 7) is 0. The number of aliphatic carboxylic acids is 1. The molecule has 1 amide bonds. The fourth-order valence-electron chi connectivity index (χ4n) is 3.21. The Balaban J connectivity index is 1.61. The quantitative estimate of drug-likeness (QED) is 0.589. The number of amides is 1. The first-order chi connectivity index (χ1) is 9.63. The third kappa shape index (κ3) is 2.53. The van der Waals surface area contributed by atoms with Crippen LogP contribution in [0.25, 0.3) is 0 Å². The van der Waals surface area contributed by atoms with Gasteiger partial charge in [0.2, 0.25) is 5.91 Å². The van der Waals surface area contributed by atoms with Crippen molar-refractivity contribution in [3.05, 3.63) is 18.2 Å². The largest absolute Gasteiger partial charge is 0.480 e. The van der Waals surface area contributed by atoms with Gasteiger partial charge >= 0.3 is 5.97 Å². The Morgan fingerprint density at radius 1 is 1.50 bits per heavy atom. The summed E-state index contributed by atoms with van der Waals surface area (Å²) < 4.78 is 0. The highest BCUT2D eigenvalue weighted by Gasteiger charge is 2.43. The molecule has 0 aliphatic carbocycles. The lowest BCUT2D eigenvalue weighted by Gasteiger charge is -2.22. The van der Waals surface area contributed by atoms with Crippen molar-refractivity contribution >= 4 is 11.9 Å². The van der Waals surface area contributed by atoms with Crippen molar-refractivity contribution in [3.63, 3.8) is 0 Å². The number of carbonyl (C=O) groups excluding carboxylic acids is 1. The average molecular weight is 278 g/mol. The van der Waals surface area contributed by atoms with Crippen molar-refractivity contribution in [1.29, 1.82) is 0 Å². The summed E-state index contributed by atoms with van der Waals surface area (Å²) in [5.41, 5.74) is 0.698. The average Bonchev–Trinajstić information content (AvgIpc) is 3.14. The van der Waals surface area contributed by atoms with E-state index in [1.54, 1.807) is 6.20 Å². The first-order valence-electron chi connectivity index (χ1n) is 6.90. The van der Waals surface area contributed by atoms with Gasteiger partial charge in [-0.25, -0.2) is 9.78 Å². The molecular weight excluding hydrogens is 260 g/mol.